The number of ketones is 1. The maximum atomic E-state index is 11.0. The molecule has 0 heterocycles. The molecular formula is C9H9IO2. The van der Waals surface area contributed by atoms with Gasteiger partial charge in [0.2, 0.25) is 0 Å². The molecule has 0 aliphatic carbocycles. The Balaban J connectivity index is 3.12. The number of hydrogen-bond acceptors (Lipinski definition) is 2. The first-order valence-electron chi connectivity index (χ1n) is 3.49. The zero-order valence-electron chi connectivity index (χ0n) is 6.93. The monoisotopic (exact) mass is 276 g/mol. The van der Waals surface area contributed by atoms with E-state index in [1.165, 1.54) is 0 Å². The van der Waals surface area contributed by atoms with E-state index < -0.39 is 0 Å². The summed E-state index contributed by atoms with van der Waals surface area (Å²) in [6, 6.07) is 5.42. The third-order valence-corrected chi connectivity index (χ3v) is 2.45. The molecule has 0 saturated carbocycles. The second-order valence-corrected chi connectivity index (χ2v) is 3.56. The van der Waals surface area contributed by atoms with Crippen LogP contribution in [0.4, 0.5) is 0 Å². The Kier molecular flexibility index (Phi) is 3.08. The Hall–Kier alpha value is -0.580. The molecule has 0 unspecified atom stereocenters. The molecule has 0 N–H and O–H groups in total. The van der Waals surface area contributed by atoms with Crippen LogP contribution >= 0.6 is 22.6 Å². The third-order valence-electron chi connectivity index (χ3n) is 1.56. The molecular weight excluding hydrogens is 267 g/mol. The SMILES string of the molecule is COc1ccc(C(C)=O)c(I)c1. The molecule has 2 nitrogen and oxygen atoms in total. The largest absolute Gasteiger partial charge is 0.497 e. The smallest absolute Gasteiger partial charge is 0.160 e. The lowest BCUT2D eigenvalue weighted by atomic mass is 10.1. The zero-order chi connectivity index (χ0) is 9.14. The average Bonchev–Trinajstić information content (AvgIpc) is 2.03. The lowest BCUT2D eigenvalue weighted by molar-refractivity contribution is 0.101. The number of rotatable bonds is 2. The van der Waals surface area contributed by atoms with Gasteiger partial charge in [-0.2, -0.15) is 0 Å². The second kappa shape index (κ2) is 3.89. The molecule has 1 rings (SSSR count). The van der Waals surface area contributed by atoms with Crippen LogP contribution in [0.5, 0.6) is 5.75 Å². The number of methoxy groups -OCH3 is 1. The van der Waals surface area contributed by atoms with E-state index in [9.17, 15) is 4.79 Å². The fourth-order valence-corrected chi connectivity index (χ4v) is 1.77. The molecule has 12 heavy (non-hydrogen) atoms. The quantitative estimate of drug-likeness (QED) is 0.612. The summed E-state index contributed by atoms with van der Waals surface area (Å²) in [5.74, 6) is 0.867. The first-order valence-corrected chi connectivity index (χ1v) is 4.57. The molecule has 0 aliphatic rings. The highest BCUT2D eigenvalue weighted by molar-refractivity contribution is 14.1. The van der Waals surface area contributed by atoms with Crippen LogP contribution in [0.25, 0.3) is 0 Å². The number of carbonyl (C=O) groups is 1. The van der Waals surface area contributed by atoms with Crippen LogP contribution in [0, 0.1) is 3.57 Å². The Bertz CT molecular complexity index is 307. The molecule has 3 heteroatoms. The van der Waals surface area contributed by atoms with Crippen LogP contribution in [0.3, 0.4) is 0 Å². The molecule has 0 saturated heterocycles. The van der Waals surface area contributed by atoms with E-state index in [1.807, 2.05) is 6.07 Å². The molecule has 0 bridgehead atoms. The number of ether oxygens (including phenoxy) is 1. The Morgan fingerprint density at radius 1 is 1.50 bits per heavy atom. The van der Waals surface area contributed by atoms with E-state index in [0.29, 0.717) is 0 Å². The predicted molar refractivity (Wildman–Crippen MR) is 55.7 cm³/mol. The molecule has 1 aromatic carbocycles. The zero-order valence-corrected chi connectivity index (χ0v) is 9.08. The Morgan fingerprint density at radius 3 is 2.58 bits per heavy atom. The molecule has 0 amide bonds. The van der Waals surface area contributed by atoms with E-state index in [-0.39, 0.29) is 5.78 Å². The van der Waals surface area contributed by atoms with Gasteiger partial charge >= 0.3 is 0 Å². The molecule has 1 aromatic rings. The van der Waals surface area contributed by atoms with Gasteiger partial charge in [-0.3, -0.25) is 4.79 Å². The van der Waals surface area contributed by atoms with E-state index in [1.54, 1.807) is 26.2 Å². The molecule has 0 spiro atoms. The minimum atomic E-state index is 0.0852. The van der Waals surface area contributed by atoms with Gasteiger partial charge in [0.05, 0.1) is 7.11 Å². The molecule has 0 fully saturated rings. The first kappa shape index (κ1) is 9.51. The fraction of sp³-hybridized carbons (Fsp3) is 0.222. The van der Waals surface area contributed by atoms with Gasteiger partial charge in [-0.1, -0.05) is 0 Å². The lowest BCUT2D eigenvalue weighted by Gasteiger charge is -2.02. The molecule has 0 aliphatic heterocycles. The van der Waals surface area contributed by atoms with Crippen LogP contribution in [0.15, 0.2) is 18.2 Å². The van der Waals surface area contributed by atoms with E-state index in [2.05, 4.69) is 22.6 Å². The van der Waals surface area contributed by atoms with Crippen LogP contribution < -0.4 is 4.74 Å². The van der Waals surface area contributed by atoms with E-state index in [4.69, 9.17) is 4.74 Å². The second-order valence-electron chi connectivity index (χ2n) is 2.40. The summed E-state index contributed by atoms with van der Waals surface area (Å²) in [4.78, 5) is 11.0. The lowest BCUT2D eigenvalue weighted by Crippen LogP contribution is -1.96. The summed E-state index contributed by atoms with van der Waals surface area (Å²) in [6.07, 6.45) is 0. The standard InChI is InChI=1S/C9H9IO2/c1-6(11)8-4-3-7(12-2)5-9(8)10/h3-5H,1-2H3. The highest BCUT2D eigenvalue weighted by atomic mass is 127. The van der Waals surface area contributed by atoms with Crippen molar-refractivity contribution in [1.29, 1.82) is 0 Å². The van der Waals surface area contributed by atoms with Crippen LogP contribution in [-0.4, -0.2) is 12.9 Å². The topological polar surface area (TPSA) is 26.3 Å². The van der Waals surface area contributed by atoms with Crippen molar-refractivity contribution in [2.24, 2.45) is 0 Å². The van der Waals surface area contributed by atoms with E-state index >= 15 is 0 Å². The van der Waals surface area contributed by atoms with Crippen LogP contribution in [0.1, 0.15) is 17.3 Å². The summed E-state index contributed by atoms with van der Waals surface area (Å²) in [5, 5.41) is 0. The summed E-state index contributed by atoms with van der Waals surface area (Å²) < 4.78 is 5.94. The number of benzene rings is 1. The van der Waals surface area contributed by atoms with Crippen LogP contribution in [0.2, 0.25) is 0 Å². The maximum Gasteiger partial charge on any atom is 0.160 e. The highest BCUT2D eigenvalue weighted by Crippen LogP contribution is 2.19. The average molecular weight is 276 g/mol. The van der Waals surface area contributed by atoms with Crippen molar-refractivity contribution >= 4 is 28.4 Å². The van der Waals surface area contributed by atoms with Crippen molar-refractivity contribution in [1.82, 2.24) is 0 Å². The van der Waals surface area contributed by atoms with Gasteiger partial charge in [-0.15, -0.1) is 0 Å². The minimum absolute atomic E-state index is 0.0852. The van der Waals surface area contributed by atoms with Crippen molar-refractivity contribution in [3.05, 3.63) is 27.3 Å². The van der Waals surface area contributed by atoms with Crippen molar-refractivity contribution in [3.63, 3.8) is 0 Å². The van der Waals surface area contributed by atoms with Gasteiger partial charge in [0.1, 0.15) is 5.75 Å². The predicted octanol–water partition coefficient (Wildman–Crippen LogP) is 2.50. The fourth-order valence-electron chi connectivity index (χ4n) is 0.908. The third kappa shape index (κ3) is 1.97. The summed E-state index contributed by atoms with van der Waals surface area (Å²) >= 11 is 2.12. The molecule has 0 radical (unpaired) electrons. The van der Waals surface area contributed by atoms with Crippen molar-refractivity contribution in [2.75, 3.05) is 7.11 Å². The molecule has 0 atom stereocenters. The highest BCUT2D eigenvalue weighted by Gasteiger charge is 2.04. The first-order chi connectivity index (χ1) is 5.65. The van der Waals surface area contributed by atoms with Gasteiger partial charge in [-0.05, 0) is 47.7 Å². The Labute approximate surface area is 85.1 Å². The maximum absolute atomic E-state index is 11.0. The summed E-state index contributed by atoms with van der Waals surface area (Å²) in [5.41, 5.74) is 0.747. The minimum Gasteiger partial charge on any atom is -0.497 e. The van der Waals surface area contributed by atoms with Gasteiger partial charge < -0.3 is 4.74 Å². The normalized spacial score (nSPS) is 9.58. The van der Waals surface area contributed by atoms with Crippen molar-refractivity contribution in [2.45, 2.75) is 6.92 Å². The van der Waals surface area contributed by atoms with Gasteiger partial charge in [-0.25, -0.2) is 0 Å². The van der Waals surface area contributed by atoms with Gasteiger partial charge in [0.25, 0.3) is 0 Å². The summed E-state index contributed by atoms with van der Waals surface area (Å²) in [6.45, 7) is 1.56. The van der Waals surface area contributed by atoms with Crippen molar-refractivity contribution < 1.29 is 9.53 Å². The number of halogens is 1. The van der Waals surface area contributed by atoms with E-state index in [0.717, 1.165) is 14.9 Å². The number of Topliss-reactive ketones (excluding diaryl/α,β-unsaturated/α-hetero) is 1. The van der Waals surface area contributed by atoms with Crippen LogP contribution in [-0.2, 0) is 0 Å². The van der Waals surface area contributed by atoms with Gasteiger partial charge in [0, 0.05) is 9.13 Å². The molecule has 0 aromatic heterocycles. The number of hydrogen-bond donors (Lipinski definition) is 0. The number of carbonyl (C=O) groups excluding carboxylic acids is 1. The van der Waals surface area contributed by atoms with Gasteiger partial charge in [0.15, 0.2) is 5.78 Å². The molecule has 64 valence electrons. The summed E-state index contributed by atoms with van der Waals surface area (Å²) in [7, 11) is 1.61. The Morgan fingerprint density at radius 2 is 2.17 bits per heavy atom. The van der Waals surface area contributed by atoms with Crippen molar-refractivity contribution in [3.8, 4) is 5.75 Å².